The number of Topliss-reactive ketones (excluding diaryl/α,β-unsaturated/α-hetero) is 3. The molecule has 78 valence electrons. The van der Waals surface area contributed by atoms with Gasteiger partial charge in [-0.05, 0) is 19.9 Å². The number of nitrogens with zero attached hydrogens (tertiary/aromatic N) is 1. The Morgan fingerprint density at radius 2 is 1.47 bits per heavy atom. The zero-order chi connectivity index (χ0) is 11.6. The van der Waals surface area contributed by atoms with Gasteiger partial charge < -0.3 is 0 Å². The van der Waals surface area contributed by atoms with Gasteiger partial charge >= 0.3 is 0 Å². The molecule has 0 saturated heterocycles. The van der Waals surface area contributed by atoms with Gasteiger partial charge in [0.15, 0.2) is 17.3 Å². The number of hydrogen-bond acceptors (Lipinski definition) is 4. The van der Waals surface area contributed by atoms with Crippen molar-refractivity contribution in [1.82, 2.24) is 4.98 Å². The van der Waals surface area contributed by atoms with Crippen LogP contribution in [0.2, 0.25) is 0 Å². The fourth-order valence-corrected chi connectivity index (χ4v) is 1.22. The van der Waals surface area contributed by atoms with Gasteiger partial charge in [-0.2, -0.15) is 0 Å². The topological polar surface area (TPSA) is 64.1 Å². The molecular formula is C11H11NO3. The minimum absolute atomic E-state index is 0.199. The van der Waals surface area contributed by atoms with Crippen molar-refractivity contribution in [2.24, 2.45) is 0 Å². The molecule has 0 aliphatic carbocycles. The molecule has 15 heavy (non-hydrogen) atoms. The first-order chi connectivity index (χ1) is 6.93. The van der Waals surface area contributed by atoms with E-state index in [1.54, 1.807) is 0 Å². The molecule has 0 unspecified atom stereocenters. The zero-order valence-electron chi connectivity index (χ0n) is 8.83. The minimum Gasteiger partial charge on any atom is -0.294 e. The van der Waals surface area contributed by atoms with Gasteiger partial charge in [-0.3, -0.25) is 19.4 Å². The van der Waals surface area contributed by atoms with Crippen LogP contribution >= 0.6 is 0 Å². The third kappa shape index (κ3) is 2.34. The van der Waals surface area contributed by atoms with Crippen molar-refractivity contribution in [1.29, 1.82) is 0 Å². The number of carbonyl (C=O) groups excluding carboxylic acids is 3. The van der Waals surface area contributed by atoms with Gasteiger partial charge in [0.25, 0.3) is 0 Å². The summed E-state index contributed by atoms with van der Waals surface area (Å²) in [5.41, 5.74) is 0.709. The zero-order valence-corrected chi connectivity index (χ0v) is 8.83. The van der Waals surface area contributed by atoms with E-state index in [1.807, 2.05) is 0 Å². The van der Waals surface area contributed by atoms with E-state index in [4.69, 9.17) is 0 Å². The Morgan fingerprint density at radius 1 is 0.933 bits per heavy atom. The highest BCUT2D eigenvalue weighted by molar-refractivity contribution is 6.08. The first-order valence-electron chi connectivity index (χ1n) is 4.46. The van der Waals surface area contributed by atoms with Crippen LogP contribution in [-0.4, -0.2) is 22.3 Å². The van der Waals surface area contributed by atoms with Crippen LogP contribution in [0.5, 0.6) is 0 Å². The number of carbonyl (C=O) groups is 3. The summed E-state index contributed by atoms with van der Waals surface area (Å²) in [6.07, 6.45) is 1.27. The molecule has 0 saturated carbocycles. The summed E-state index contributed by atoms with van der Waals surface area (Å²) in [5.74, 6) is -0.708. The van der Waals surface area contributed by atoms with Crippen LogP contribution in [0.25, 0.3) is 0 Å². The van der Waals surface area contributed by atoms with Crippen molar-refractivity contribution >= 4 is 17.3 Å². The Kier molecular flexibility index (Phi) is 3.09. The molecule has 0 aliphatic rings. The van der Waals surface area contributed by atoms with E-state index in [0.717, 1.165) is 0 Å². The Labute approximate surface area is 87.3 Å². The SMILES string of the molecule is CC(=O)c1cc(C(C)=O)c(C(C)=O)cn1. The second-order valence-corrected chi connectivity index (χ2v) is 3.28. The number of hydrogen-bond donors (Lipinski definition) is 0. The normalized spacial score (nSPS) is 9.80. The van der Waals surface area contributed by atoms with Crippen LogP contribution in [0.3, 0.4) is 0 Å². The molecule has 0 aliphatic heterocycles. The van der Waals surface area contributed by atoms with Gasteiger partial charge in [-0.15, -0.1) is 0 Å². The maximum absolute atomic E-state index is 11.3. The smallest absolute Gasteiger partial charge is 0.178 e. The summed E-state index contributed by atoms with van der Waals surface area (Å²) in [4.78, 5) is 37.3. The molecule has 0 radical (unpaired) electrons. The van der Waals surface area contributed by atoms with Crippen molar-refractivity contribution < 1.29 is 14.4 Å². The van der Waals surface area contributed by atoms with E-state index in [-0.39, 0.29) is 34.2 Å². The number of pyridine rings is 1. The van der Waals surface area contributed by atoms with Gasteiger partial charge in [0, 0.05) is 24.2 Å². The number of aromatic nitrogens is 1. The van der Waals surface area contributed by atoms with Gasteiger partial charge in [0.05, 0.1) is 0 Å². The standard InChI is InChI=1S/C11H11NO3/c1-6(13)9-4-11(8(3)15)12-5-10(9)7(2)14/h4-5H,1-3H3. The predicted molar refractivity (Wildman–Crippen MR) is 54.3 cm³/mol. The molecule has 1 rings (SSSR count). The fourth-order valence-electron chi connectivity index (χ4n) is 1.22. The molecule has 0 fully saturated rings. The van der Waals surface area contributed by atoms with Crippen LogP contribution in [0.15, 0.2) is 12.3 Å². The van der Waals surface area contributed by atoms with Crippen LogP contribution in [0, 0.1) is 0 Å². The molecule has 0 aromatic carbocycles. The molecule has 1 aromatic heterocycles. The Hall–Kier alpha value is -1.84. The second-order valence-electron chi connectivity index (χ2n) is 3.28. The van der Waals surface area contributed by atoms with Gasteiger partial charge in [-0.25, -0.2) is 0 Å². The van der Waals surface area contributed by atoms with Gasteiger partial charge in [0.2, 0.25) is 0 Å². The highest BCUT2D eigenvalue weighted by Gasteiger charge is 2.14. The van der Waals surface area contributed by atoms with Crippen LogP contribution in [-0.2, 0) is 0 Å². The molecule has 4 heteroatoms. The van der Waals surface area contributed by atoms with E-state index in [9.17, 15) is 14.4 Å². The Bertz CT molecular complexity index is 449. The minimum atomic E-state index is -0.245. The molecule has 0 spiro atoms. The molecule has 0 bridgehead atoms. The summed E-state index contributed by atoms with van der Waals surface area (Å²) in [6, 6.07) is 1.36. The van der Waals surface area contributed by atoms with Crippen LogP contribution < -0.4 is 0 Å². The number of rotatable bonds is 3. The van der Waals surface area contributed by atoms with E-state index < -0.39 is 0 Å². The highest BCUT2D eigenvalue weighted by atomic mass is 16.1. The third-order valence-corrected chi connectivity index (χ3v) is 2.02. The third-order valence-electron chi connectivity index (χ3n) is 2.02. The summed E-state index contributed by atoms with van der Waals surface area (Å²) in [7, 11) is 0. The lowest BCUT2D eigenvalue weighted by molar-refractivity contribution is 0.0978. The fraction of sp³-hybridized carbons (Fsp3) is 0.273. The first-order valence-corrected chi connectivity index (χ1v) is 4.46. The van der Waals surface area contributed by atoms with Crippen molar-refractivity contribution in [3.63, 3.8) is 0 Å². The molecule has 0 atom stereocenters. The summed E-state index contributed by atoms with van der Waals surface area (Å²) in [6.45, 7) is 4.07. The average Bonchev–Trinajstić information content (AvgIpc) is 2.16. The van der Waals surface area contributed by atoms with E-state index in [1.165, 1.54) is 33.0 Å². The Morgan fingerprint density at radius 3 is 1.87 bits per heavy atom. The van der Waals surface area contributed by atoms with Crippen molar-refractivity contribution in [2.75, 3.05) is 0 Å². The molecule has 1 heterocycles. The summed E-state index contributed by atoms with van der Waals surface area (Å²) in [5, 5.41) is 0. The maximum Gasteiger partial charge on any atom is 0.178 e. The maximum atomic E-state index is 11.3. The largest absolute Gasteiger partial charge is 0.294 e. The van der Waals surface area contributed by atoms with E-state index in [2.05, 4.69) is 4.98 Å². The molecular weight excluding hydrogens is 194 g/mol. The van der Waals surface area contributed by atoms with Crippen molar-refractivity contribution in [3.8, 4) is 0 Å². The van der Waals surface area contributed by atoms with Gasteiger partial charge in [-0.1, -0.05) is 0 Å². The lowest BCUT2D eigenvalue weighted by Crippen LogP contribution is -2.08. The molecule has 0 amide bonds. The number of ketones is 3. The van der Waals surface area contributed by atoms with E-state index >= 15 is 0 Å². The van der Waals surface area contributed by atoms with Crippen LogP contribution in [0.4, 0.5) is 0 Å². The average molecular weight is 205 g/mol. The molecule has 0 N–H and O–H groups in total. The summed E-state index contributed by atoms with van der Waals surface area (Å²) < 4.78 is 0. The van der Waals surface area contributed by atoms with Gasteiger partial charge in [0.1, 0.15) is 5.69 Å². The van der Waals surface area contributed by atoms with Crippen molar-refractivity contribution in [3.05, 3.63) is 29.1 Å². The molecule has 4 nitrogen and oxygen atoms in total. The lowest BCUT2D eigenvalue weighted by atomic mass is 10.0. The van der Waals surface area contributed by atoms with E-state index in [0.29, 0.717) is 0 Å². The quantitative estimate of drug-likeness (QED) is 0.704. The van der Waals surface area contributed by atoms with Crippen LogP contribution in [0.1, 0.15) is 52.0 Å². The predicted octanol–water partition coefficient (Wildman–Crippen LogP) is 1.69. The Balaban J connectivity index is 3.40. The van der Waals surface area contributed by atoms with Crippen molar-refractivity contribution in [2.45, 2.75) is 20.8 Å². The summed E-state index contributed by atoms with van der Waals surface area (Å²) >= 11 is 0. The second kappa shape index (κ2) is 4.13. The molecule has 1 aromatic rings. The monoisotopic (exact) mass is 205 g/mol. The highest BCUT2D eigenvalue weighted by Crippen LogP contribution is 2.11. The first kappa shape index (κ1) is 11.2. The lowest BCUT2D eigenvalue weighted by Gasteiger charge is -2.04.